The molecule has 5 nitrogen and oxygen atoms in total. The van der Waals surface area contributed by atoms with Crippen LogP contribution in [0.4, 0.5) is 10.1 Å². The van der Waals surface area contributed by atoms with Crippen LogP contribution in [0, 0.1) is 19.7 Å². The number of aromatic nitrogens is 2. The van der Waals surface area contributed by atoms with E-state index in [1.807, 2.05) is 32.0 Å². The summed E-state index contributed by atoms with van der Waals surface area (Å²) in [7, 11) is 0. The van der Waals surface area contributed by atoms with Gasteiger partial charge in [0.05, 0.1) is 12.1 Å². The molecule has 3 aromatic rings. The monoisotopic (exact) mass is 397 g/mol. The van der Waals surface area contributed by atoms with E-state index in [-0.39, 0.29) is 23.7 Å². The molecule has 7 heteroatoms. The first-order chi connectivity index (χ1) is 13.4. The smallest absolute Gasteiger partial charge is 0.251 e. The number of carbonyl (C=O) groups excluding carboxylic acids is 1. The Bertz CT molecular complexity index is 1050. The van der Waals surface area contributed by atoms with Crippen molar-refractivity contribution in [3.63, 3.8) is 0 Å². The fourth-order valence-electron chi connectivity index (χ4n) is 2.82. The van der Waals surface area contributed by atoms with Crippen LogP contribution in [-0.4, -0.2) is 15.9 Å². The molecule has 2 aromatic carbocycles. The van der Waals surface area contributed by atoms with Gasteiger partial charge in [0.15, 0.2) is 5.16 Å². The van der Waals surface area contributed by atoms with Gasteiger partial charge in [-0.05, 0) is 48.7 Å². The lowest BCUT2D eigenvalue weighted by Crippen LogP contribution is -2.18. The van der Waals surface area contributed by atoms with Crippen LogP contribution in [-0.2, 0) is 17.0 Å². The van der Waals surface area contributed by atoms with Crippen molar-refractivity contribution in [3.05, 3.63) is 87.1 Å². The summed E-state index contributed by atoms with van der Waals surface area (Å²) in [5.74, 6) is -0.233. The minimum atomic E-state index is -0.347. The van der Waals surface area contributed by atoms with Crippen molar-refractivity contribution in [2.75, 3.05) is 5.32 Å². The number of H-pyrrole nitrogens is 1. The third-order valence-corrected chi connectivity index (χ3v) is 4.86. The standard InChI is InChI=1S/C21H20FN3O2S/c1-13-7-14(2)9-16(8-13)23-19(26)10-17-11-20(27)25-21(24-17)28-12-15-5-3-4-6-18(15)22/h3-9,11H,10,12H2,1-2H3,(H,23,26)(H,24,25,27). The van der Waals surface area contributed by atoms with Gasteiger partial charge < -0.3 is 10.3 Å². The second-order valence-corrected chi connectivity index (χ2v) is 7.49. The average Bonchev–Trinajstić information content (AvgIpc) is 2.59. The number of benzene rings is 2. The van der Waals surface area contributed by atoms with Crippen LogP contribution in [0.5, 0.6) is 0 Å². The fraction of sp³-hybridized carbons (Fsp3) is 0.190. The number of hydrogen-bond acceptors (Lipinski definition) is 4. The van der Waals surface area contributed by atoms with Gasteiger partial charge >= 0.3 is 0 Å². The molecule has 0 atom stereocenters. The van der Waals surface area contributed by atoms with E-state index in [0.717, 1.165) is 11.1 Å². The van der Waals surface area contributed by atoms with Crippen molar-refractivity contribution in [2.45, 2.75) is 31.2 Å². The molecule has 2 N–H and O–H groups in total. The van der Waals surface area contributed by atoms with Gasteiger partial charge in [0.2, 0.25) is 5.91 Å². The lowest BCUT2D eigenvalue weighted by atomic mass is 10.1. The Hall–Kier alpha value is -2.93. The molecular weight excluding hydrogens is 377 g/mol. The lowest BCUT2D eigenvalue weighted by molar-refractivity contribution is -0.115. The number of nitrogens with zero attached hydrogens (tertiary/aromatic N) is 1. The topological polar surface area (TPSA) is 74.8 Å². The number of aryl methyl sites for hydroxylation is 2. The third kappa shape index (κ3) is 5.53. The summed E-state index contributed by atoms with van der Waals surface area (Å²) in [6.07, 6.45) is -0.0236. The van der Waals surface area contributed by atoms with Crippen LogP contribution < -0.4 is 10.9 Å². The van der Waals surface area contributed by atoms with Gasteiger partial charge in [0, 0.05) is 17.5 Å². The molecule has 0 aliphatic heterocycles. The molecule has 0 aliphatic carbocycles. The molecule has 1 heterocycles. The summed E-state index contributed by atoms with van der Waals surface area (Å²) >= 11 is 1.21. The molecule has 0 bridgehead atoms. The molecule has 3 rings (SSSR count). The number of halogens is 1. The first-order valence-corrected chi connectivity index (χ1v) is 9.72. The van der Waals surface area contributed by atoms with Crippen LogP contribution in [0.15, 0.2) is 58.5 Å². The van der Waals surface area contributed by atoms with Crippen LogP contribution in [0.3, 0.4) is 0 Å². The van der Waals surface area contributed by atoms with Crippen molar-refractivity contribution < 1.29 is 9.18 Å². The third-order valence-electron chi connectivity index (χ3n) is 3.94. The highest BCUT2D eigenvalue weighted by Gasteiger charge is 2.10. The number of rotatable bonds is 6. The summed E-state index contributed by atoms with van der Waals surface area (Å²) in [6.45, 7) is 3.92. The Kier molecular flexibility index (Phi) is 6.26. The number of amides is 1. The molecule has 0 spiro atoms. The molecule has 0 radical (unpaired) electrons. The predicted molar refractivity (Wildman–Crippen MR) is 109 cm³/mol. The van der Waals surface area contributed by atoms with Crippen LogP contribution in [0.25, 0.3) is 0 Å². The Labute approximate surface area is 166 Å². The van der Waals surface area contributed by atoms with E-state index in [9.17, 15) is 14.0 Å². The van der Waals surface area contributed by atoms with Crippen LogP contribution in [0.2, 0.25) is 0 Å². The van der Waals surface area contributed by atoms with Crippen molar-refractivity contribution in [1.82, 2.24) is 9.97 Å². The molecule has 144 valence electrons. The van der Waals surface area contributed by atoms with E-state index in [2.05, 4.69) is 15.3 Å². The van der Waals surface area contributed by atoms with Gasteiger partial charge in [0.25, 0.3) is 5.56 Å². The summed E-state index contributed by atoms with van der Waals surface area (Å²) in [5, 5.41) is 3.18. The van der Waals surface area contributed by atoms with Gasteiger partial charge in [-0.1, -0.05) is 36.0 Å². The van der Waals surface area contributed by atoms with E-state index in [1.165, 1.54) is 23.9 Å². The molecule has 1 amide bonds. The van der Waals surface area contributed by atoms with Crippen LogP contribution >= 0.6 is 11.8 Å². The largest absolute Gasteiger partial charge is 0.326 e. The Morgan fingerprint density at radius 3 is 2.57 bits per heavy atom. The molecule has 0 fully saturated rings. The number of hydrogen-bond donors (Lipinski definition) is 2. The predicted octanol–water partition coefficient (Wildman–Crippen LogP) is 4.00. The number of nitrogens with one attached hydrogen (secondary N) is 2. The summed E-state index contributed by atoms with van der Waals surface area (Å²) in [6, 6.07) is 13.5. The normalized spacial score (nSPS) is 10.7. The average molecular weight is 397 g/mol. The quantitative estimate of drug-likeness (QED) is 0.487. The molecule has 28 heavy (non-hydrogen) atoms. The van der Waals surface area contributed by atoms with Gasteiger partial charge in [-0.15, -0.1) is 0 Å². The molecule has 0 aliphatic rings. The maximum absolute atomic E-state index is 13.7. The van der Waals surface area contributed by atoms with E-state index in [4.69, 9.17) is 0 Å². The zero-order valence-electron chi connectivity index (χ0n) is 15.6. The van der Waals surface area contributed by atoms with Crippen molar-refractivity contribution in [2.24, 2.45) is 0 Å². The zero-order chi connectivity index (χ0) is 20.1. The lowest BCUT2D eigenvalue weighted by Gasteiger charge is -2.08. The highest BCUT2D eigenvalue weighted by atomic mass is 32.2. The first kappa shape index (κ1) is 19.8. The van der Waals surface area contributed by atoms with E-state index >= 15 is 0 Å². The van der Waals surface area contributed by atoms with Gasteiger partial charge in [-0.25, -0.2) is 9.37 Å². The van der Waals surface area contributed by atoms with Crippen molar-refractivity contribution in [3.8, 4) is 0 Å². The summed E-state index contributed by atoms with van der Waals surface area (Å²) in [4.78, 5) is 31.2. The number of anilines is 1. The molecule has 0 saturated heterocycles. The van der Waals surface area contributed by atoms with Gasteiger partial charge in [-0.2, -0.15) is 0 Å². The first-order valence-electron chi connectivity index (χ1n) is 8.73. The van der Waals surface area contributed by atoms with Crippen LogP contribution in [0.1, 0.15) is 22.4 Å². The minimum Gasteiger partial charge on any atom is -0.326 e. The van der Waals surface area contributed by atoms with E-state index in [0.29, 0.717) is 27.9 Å². The van der Waals surface area contributed by atoms with E-state index in [1.54, 1.807) is 18.2 Å². The van der Waals surface area contributed by atoms with Crippen molar-refractivity contribution >= 4 is 23.4 Å². The molecule has 0 saturated carbocycles. The molecule has 1 aromatic heterocycles. The Morgan fingerprint density at radius 1 is 1.14 bits per heavy atom. The minimum absolute atomic E-state index is 0.0236. The zero-order valence-corrected chi connectivity index (χ0v) is 16.4. The molecular formula is C21H20FN3O2S. The number of aromatic amines is 1. The Balaban J connectivity index is 1.68. The summed E-state index contributed by atoms with van der Waals surface area (Å²) in [5.41, 5.74) is 3.35. The molecule has 0 unspecified atom stereocenters. The SMILES string of the molecule is Cc1cc(C)cc(NC(=O)Cc2cc(=O)[nH]c(SCc3ccccc3F)n2)c1. The number of thioether (sulfide) groups is 1. The second kappa shape index (κ2) is 8.84. The maximum atomic E-state index is 13.7. The van der Waals surface area contributed by atoms with Gasteiger partial charge in [0.1, 0.15) is 5.82 Å². The highest BCUT2D eigenvalue weighted by molar-refractivity contribution is 7.98. The second-order valence-electron chi connectivity index (χ2n) is 6.52. The maximum Gasteiger partial charge on any atom is 0.251 e. The van der Waals surface area contributed by atoms with Crippen molar-refractivity contribution in [1.29, 1.82) is 0 Å². The van der Waals surface area contributed by atoms with E-state index < -0.39 is 0 Å². The Morgan fingerprint density at radius 2 is 1.86 bits per heavy atom. The van der Waals surface area contributed by atoms with Gasteiger partial charge in [-0.3, -0.25) is 9.59 Å². The summed E-state index contributed by atoms with van der Waals surface area (Å²) < 4.78 is 13.7. The fourth-order valence-corrected chi connectivity index (χ4v) is 3.70. The highest BCUT2D eigenvalue weighted by Crippen LogP contribution is 2.20. The number of carbonyl (C=O) groups is 1.